The van der Waals surface area contributed by atoms with Crippen molar-refractivity contribution in [2.75, 3.05) is 27.2 Å². The number of urea groups is 1. The van der Waals surface area contributed by atoms with Gasteiger partial charge in [-0.1, -0.05) is 6.92 Å². The third-order valence-electron chi connectivity index (χ3n) is 3.48. The van der Waals surface area contributed by atoms with Crippen LogP contribution in [0.1, 0.15) is 32.6 Å². The number of carbonyl (C=O) groups is 1. The molecule has 1 unspecified atom stereocenters. The summed E-state index contributed by atoms with van der Waals surface area (Å²) in [6.45, 7) is 3.82. The quantitative estimate of drug-likeness (QED) is 0.769. The molecule has 18 heavy (non-hydrogen) atoms. The second-order valence-electron chi connectivity index (χ2n) is 5.12. The summed E-state index contributed by atoms with van der Waals surface area (Å²) < 4.78 is 0. The van der Waals surface area contributed by atoms with Crippen LogP contribution in [0.4, 0.5) is 4.79 Å². The maximum Gasteiger partial charge on any atom is 0.319 e. The van der Waals surface area contributed by atoms with Crippen LogP contribution >= 0.6 is 0 Å². The zero-order valence-corrected chi connectivity index (χ0v) is 11.8. The average Bonchev–Trinajstić information content (AvgIpc) is 2.38. The van der Waals surface area contributed by atoms with E-state index in [1.54, 1.807) is 19.0 Å². The van der Waals surface area contributed by atoms with Crippen molar-refractivity contribution in [1.82, 2.24) is 15.1 Å². The van der Waals surface area contributed by atoms with E-state index in [1.807, 2.05) is 4.90 Å². The van der Waals surface area contributed by atoms with Crippen molar-refractivity contribution < 1.29 is 4.79 Å². The van der Waals surface area contributed by atoms with Gasteiger partial charge < -0.3 is 15.1 Å². The van der Waals surface area contributed by atoms with Gasteiger partial charge in [-0.2, -0.15) is 0 Å². The SMILES string of the molecule is C#CCC(CC)NC1CCN(C(=O)N(C)C)CC1. The highest BCUT2D eigenvalue weighted by Crippen LogP contribution is 2.13. The van der Waals surface area contributed by atoms with Crippen LogP contribution < -0.4 is 5.32 Å². The predicted molar refractivity (Wildman–Crippen MR) is 74.3 cm³/mol. The summed E-state index contributed by atoms with van der Waals surface area (Å²) in [4.78, 5) is 15.3. The molecular formula is C14H25N3O. The highest BCUT2D eigenvalue weighted by molar-refractivity contribution is 5.73. The van der Waals surface area contributed by atoms with Crippen LogP contribution in [0.25, 0.3) is 0 Å². The standard InChI is InChI=1S/C14H25N3O/c1-5-7-12(6-2)15-13-8-10-17(11-9-13)14(18)16(3)4/h1,12-13,15H,6-11H2,2-4H3. The summed E-state index contributed by atoms with van der Waals surface area (Å²) in [6, 6.07) is 1.02. The maximum atomic E-state index is 11.8. The van der Waals surface area contributed by atoms with Crippen LogP contribution in [0.5, 0.6) is 0 Å². The van der Waals surface area contributed by atoms with Gasteiger partial charge in [-0.15, -0.1) is 12.3 Å². The van der Waals surface area contributed by atoms with Crippen LogP contribution in [-0.4, -0.2) is 55.1 Å². The smallest absolute Gasteiger partial charge is 0.319 e. The topological polar surface area (TPSA) is 35.6 Å². The van der Waals surface area contributed by atoms with Crippen molar-refractivity contribution in [3.8, 4) is 12.3 Å². The number of hydrogen-bond acceptors (Lipinski definition) is 2. The van der Waals surface area contributed by atoms with E-state index in [0.717, 1.165) is 38.8 Å². The Balaban J connectivity index is 2.35. The lowest BCUT2D eigenvalue weighted by Gasteiger charge is -2.35. The molecule has 1 atom stereocenters. The van der Waals surface area contributed by atoms with E-state index in [0.29, 0.717) is 12.1 Å². The third kappa shape index (κ3) is 4.23. The van der Waals surface area contributed by atoms with E-state index >= 15 is 0 Å². The number of rotatable bonds is 4. The number of hydrogen-bond donors (Lipinski definition) is 1. The van der Waals surface area contributed by atoms with E-state index in [1.165, 1.54) is 0 Å². The minimum Gasteiger partial charge on any atom is -0.331 e. The Bertz CT molecular complexity index is 301. The molecule has 4 heteroatoms. The van der Waals surface area contributed by atoms with E-state index in [-0.39, 0.29) is 6.03 Å². The first kappa shape index (κ1) is 14.8. The molecule has 0 aromatic heterocycles. The lowest BCUT2D eigenvalue weighted by molar-refractivity contribution is 0.150. The minimum atomic E-state index is 0.115. The number of carbonyl (C=O) groups excluding carboxylic acids is 1. The van der Waals surface area contributed by atoms with Gasteiger partial charge in [-0.3, -0.25) is 0 Å². The molecule has 0 spiro atoms. The molecule has 0 aliphatic carbocycles. The average molecular weight is 251 g/mol. The second-order valence-corrected chi connectivity index (χ2v) is 5.12. The first-order valence-electron chi connectivity index (χ1n) is 6.74. The van der Waals surface area contributed by atoms with Crippen molar-refractivity contribution in [1.29, 1.82) is 0 Å². The fraction of sp³-hybridized carbons (Fsp3) is 0.786. The number of nitrogens with one attached hydrogen (secondary N) is 1. The maximum absolute atomic E-state index is 11.8. The zero-order valence-electron chi connectivity index (χ0n) is 11.8. The van der Waals surface area contributed by atoms with Gasteiger partial charge in [0, 0.05) is 45.7 Å². The van der Waals surface area contributed by atoms with Crippen LogP contribution in [0.2, 0.25) is 0 Å². The summed E-state index contributed by atoms with van der Waals surface area (Å²) in [6.07, 6.45) is 9.23. The molecule has 0 saturated carbocycles. The Labute approximate surface area is 111 Å². The van der Waals surface area contributed by atoms with Gasteiger partial charge in [0.05, 0.1) is 0 Å². The molecule has 0 bridgehead atoms. The fourth-order valence-electron chi connectivity index (χ4n) is 2.32. The molecule has 1 N–H and O–H groups in total. The van der Waals surface area contributed by atoms with Gasteiger partial charge in [0.25, 0.3) is 0 Å². The van der Waals surface area contributed by atoms with Gasteiger partial charge in [0.1, 0.15) is 0 Å². The molecule has 1 fully saturated rings. The number of nitrogens with zero attached hydrogens (tertiary/aromatic N) is 2. The van der Waals surface area contributed by atoms with Gasteiger partial charge in [0.15, 0.2) is 0 Å². The van der Waals surface area contributed by atoms with E-state index in [9.17, 15) is 4.79 Å². The molecule has 2 amide bonds. The third-order valence-corrected chi connectivity index (χ3v) is 3.48. The minimum absolute atomic E-state index is 0.115. The highest BCUT2D eigenvalue weighted by Gasteiger charge is 2.24. The van der Waals surface area contributed by atoms with Crippen molar-refractivity contribution in [3.05, 3.63) is 0 Å². The normalized spacial score (nSPS) is 18.2. The number of likely N-dealkylation sites (tertiary alicyclic amines) is 1. The molecule has 4 nitrogen and oxygen atoms in total. The van der Waals surface area contributed by atoms with Crippen molar-refractivity contribution in [2.45, 2.75) is 44.7 Å². The lowest BCUT2D eigenvalue weighted by atomic mass is 10.0. The molecule has 0 aromatic carbocycles. The van der Waals surface area contributed by atoms with Crippen LogP contribution in [0.15, 0.2) is 0 Å². The Hall–Kier alpha value is -1.21. The number of terminal acetylenes is 1. The van der Waals surface area contributed by atoms with Crippen LogP contribution in [0, 0.1) is 12.3 Å². The van der Waals surface area contributed by atoms with Crippen LogP contribution in [0.3, 0.4) is 0 Å². The lowest BCUT2D eigenvalue weighted by Crippen LogP contribution is -2.49. The molecule has 0 radical (unpaired) electrons. The largest absolute Gasteiger partial charge is 0.331 e. The van der Waals surface area contributed by atoms with Gasteiger partial charge in [0.2, 0.25) is 0 Å². The summed E-state index contributed by atoms with van der Waals surface area (Å²) >= 11 is 0. The number of amides is 2. The summed E-state index contributed by atoms with van der Waals surface area (Å²) in [5.74, 6) is 2.72. The van der Waals surface area contributed by atoms with Crippen molar-refractivity contribution in [3.63, 3.8) is 0 Å². The molecule has 0 aromatic rings. The number of piperidine rings is 1. The second kappa shape index (κ2) is 7.27. The Morgan fingerprint density at radius 2 is 2.11 bits per heavy atom. The molecule has 1 saturated heterocycles. The van der Waals surface area contributed by atoms with E-state index in [4.69, 9.17) is 6.42 Å². The molecule has 1 rings (SSSR count). The monoisotopic (exact) mass is 251 g/mol. The molecule has 1 heterocycles. The van der Waals surface area contributed by atoms with E-state index < -0.39 is 0 Å². The Morgan fingerprint density at radius 3 is 2.56 bits per heavy atom. The first-order valence-corrected chi connectivity index (χ1v) is 6.74. The van der Waals surface area contributed by atoms with Crippen molar-refractivity contribution >= 4 is 6.03 Å². The van der Waals surface area contributed by atoms with Gasteiger partial charge >= 0.3 is 6.03 Å². The molecule has 1 aliphatic heterocycles. The zero-order chi connectivity index (χ0) is 13.5. The Morgan fingerprint density at radius 1 is 1.50 bits per heavy atom. The fourth-order valence-corrected chi connectivity index (χ4v) is 2.32. The summed E-state index contributed by atoms with van der Waals surface area (Å²) in [5, 5.41) is 3.60. The van der Waals surface area contributed by atoms with E-state index in [2.05, 4.69) is 18.2 Å². The Kier molecular flexibility index (Phi) is 6.00. The summed E-state index contributed by atoms with van der Waals surface area (Å²) in [7, 11) is 3.60. The molecule has 1 aliphatic rings. The predicted octanol–water partition coefficient (Wildman–Crippen LogP) is 1.52. The molecule has 102 valence electrons. The van der Waals surface area contributed by atoms with Gasteiger partial charge in [-0.25, -0.2) is 4.79 Å². The van der Waals surface area contributed by atoms with Crippen molar-refractivity contribution in [2.24, 2.45) is 0 Å². The molecular weight excluding hydrogens is 226 g/mol. The first-order chi connectivity index (χ1) is 8.58. The summed E-state index contributed by atoms with van der Waals surface area (Å²) in [5.41, 5.74) is 0. The highest BCUT2D eigenvalue weighted by atomic mass is 16.2. The van der Waals surface area contributed by atoms with Gasteiger partial charge in [-0.05, 0) is 19.3 Å². The van der Waals surface area contributed by atoms with Crippen LogP contribution in [-0.2, 0) is 0 Å².